The van der Waals surface area contributed by atoms with Crippen molar-refractivity contribution >= 4 is 36.7 Å². The van der Waals surface area contributed by atoms with Crippen LogP contribution >= 0.6 is 0 Å². The van der Waals surface area contributed by atoms with Gasteiger partial charge in [0, 0.05) is 0 Å². The Morgan fingerprint density at radius 2 is 2.00 bits per heavy atom. The van der Waals surface area contributed by atoms with Crippen molar-refractivity contribution in [3.05, 3.63) is 28.8 Å². The molecule has 8 heteroatoms. The van der Waals surface area contributed by atoms with Crippen LogP contribution in [0.25, 0.3) is 0 Å². The van der Waals surface area contributed by atoms with Crippen molar-refractivity contribution in [2.45, 2.75) is 39.0 Å². The number of nitrogens with zero attached hydrogens (tertiary/aromatic N) is 1. The number of anilines is 2. The number of amides is 2. The molecule has 1 aliphatic heterocycles. The van der Waals surface area contributed by atoms with Gasteiger partial charge in [-0.25, -0.2) is 0 Å². The van der Waals surface area contributed by atoms with Gasteiger partial charge in [-0.15, -0.1) is 0 Å². The molecule has 0 radical (unpaired) electrons. The molecule has 1 aliphatic rings. The molecule has 1 aromatic heterocycles. The summed E-state index contributed by atoms with van der Waals surface area (Å²) in [6, 6.07) is 5.24. The molecule has 0 saturated carbocycles. The van der Waals surface area contributed by atoms with E-state index in [-0.39, 0.29) is 33.1 Å². The Morgan fingerprint density at radius 3 is 2.85 bits per heavy atom. The predicted octanol–water partition coefficient (Wildman–Crippen LogP) is 3.03. The summed E-state index contributed by atoms with van der Waals surface area (Å²) in [5.41, 5.74) is 0.629. The molecule has 0 aliphatic carbocycles. The van der Waals surface area contributed by atoms with Gasteiger partial charge in [0.05, 0.1) is 0 Å². The Bertz CT molecular complexity index is 790. The fourth-order valence-electron chi connectivity index (χ4n) is 2.50. The molecule has 26 heavy (non-hydrogen) atoms. The molecule has 0 bridgehead atoms. The van der Waals surface area contributed by atoms with E-state index >= 15 is 0 Å². The Hall–Kier alpha value is -2.31. The topological polar surface area (TPSA) is 89.6 Å². The molecule has 0 atom stereocenters. The van der Waals surface area contributed by atoms with Crippen LogP contribution in [-0.2, 0) is 4.79 Å². The number of hydrogen-bond acceptors (Lipinski definition) is 5. The molecule has 0 unspecified atom stereocenters. The summed E-state index contributed by atoms with van der Waals surface area (Å²) in [5, 5.41) is 5.63. The minimum atomic E-state index is -0.306. The molecule has 0 spiro atoms. The molecule has 1 aromatic carbocycles. The average Bonchev–Trinajstić information content (AvgIpc) is 3.27. The first kappa shape index (κ1) is 18.5. The second-order valence-corrected chi connectivity index (χ2v) is 8.07. The first-order valence-corrected chi connectivity index (χ1v) is 10.3. The monoisotopic (exact) mass is 423 g/mol. The molecule has 2 N–H and O–H groups in total. The van der Waals surface area contributed by atoms with Gasteiger partial charge in [-0.2, -0.15) is 0 Å². The van der Waals surface area contributed by atoms with E-state index in [4.69, 9.17) is 9.47 Å². The number of ether oxygens (including phenoxy) is 2. The van der Waals surface area contributed by atoms with Crippen molar-refractivity contribution in [3.8, 4) is 11.5 Å². The summed E-state index contributed by atoms with van der Waals surface area (Å²) in [6.07, 6.45) is 6.24. The van der Waals surface area contributed by atoms with Crippen molar-refractivity contribution < 1.29 is 19.1 Å². The van der Waals surface area contributed by atoms with Crippen LogP contribution in [0.2, 0.25) is 0 Å². The molecule has 2 heterocycles. The van der Waals surface area contributed by atoms with Gasteiger partial charge in [-0.05, 0) is 0 Å². The van der Waals surface area contributed by atoms with Gasteiger partial charge in [0.25, 0.3) is 0 Å². The molecule has 138 valence electrons. The van der Waals surface area contributed by atoms with Gasteiger partial charge in [-0.3, -0.25) is 0 Å². The van der Waals surface area contributed by atoms with E-state index in [0.29, 0.717) is 32.7 Å². The van der Waals surface area contributed by atoms with Crippen molar-refractivity contribution in [1.29, 1.82) is 0 Å². The molecule has 2 amide bonds. The summed E-state index contributed by atoms with van der Waals surface area (Å²) in [5.74, 6) is 1.02. The van der Waals surface area contributed by atoms with Crippen molar-refractivity contribution in [2.24, 2.45) is 0 Å². The number of fused-ring (bicyclic) bond motifs is 1. The maximum atomic E-state index is 12.4. The number of carbonyl (C=O) groups excluding carboxylic acids is 2. The summed E-state index contributed by atoms with van der Waals surface area (Å²) < 4.78 is 11.7. The zero-order valence-electron chi connectivity index (χ0n) is 14.5. The van der Waals surface area contributed by atoms with Gasteiger partial charge < -0.3 is 0 Å². The third-order valence-electron chi connectivity index (χ3n) is 3.86. The van der Waals surface area contributed by atoms with Crippen LogP contribution < -0.4 is 20.1 Å². The van der Waals surface area contributed by atoms with Gasteiger partial charge in [-0.1, -0.05) is 0 Å². The van der Waals surface area contributed by atoms with Crippen molar-refractivity contribution in [2.75, 3.05) is 17.4 Å². The number of carbonyl (C=O) groups is 2. The van der Waals surface area contributed by atoms with E-state index in [0.717, 1.165) is 25.7 Å². The third kappa shape index (κ3) is 4.86. The SMILES string of the molecule is CCCCCCC(=O)Nc1ncc(C(=O)Nc2ccc3c(c2)OCO3)[se]1. The maximum absolute atomic E-state index is 12.4. The van der Waals surface area contributed by atoms with Crippen LogP contribution in [0.15, 0.2) is 24.4 Å². The van der Waals surface area contributed by atoms with Crippen LogP contribution in [0.1, 0.15) is 48.3 Å². The number of hydrogen-bond donors (Lipinski definition) is 2. The third-order valence-corrected chi connectivity index (χ3v) is 5.78. The fraction of sp³-hybridized carbons (Fsp3) is 0.389. The molecular weight excluding hydrogens is 401 g/mol. The average molecular weight is 422 g/mol. The number of nitrogens with one attached hydrogen (secondary N) is 2. The van der Waals surface area contributed by atoms with Crippen LogP contribution in [-0.4, -0.2) is 38.1 Å². The van der Waals surface area contributed by atoms with E-state index in [1.807, 2.05) is 0 Å². The number of benzene rings is 1. The summed E-state index contributed by atoms with van der Waals surface area (Å²) in [4.78, 5) is 28.4. The zero-order chi connectivity index (χ0) is 18.4. The Morgan fingerprint density at radius 1 is 1.15 bits per heavy atom. The van der Waals surface area contributed by atoms with E-state index in [1.165, 1.54) is 6.20 Å². The number of rotatable bonds is 8. The van der Waals surface area contributed by atoms with Gasteiger partial charge in [0.2, 0.25) is 0 Å². The van der Waals surface area contributed by atoms with Crippen LogP contribution in [0, 0.1) is 0 Å². The van der Waals surface area contributed by atoms with E-state index in [2.05, 4.69) is 22.5 Å². The molecule has 7 nitrogen and oxygen atoms in total. The first-order valence-electron chi connectivity index (χ1n) is 8.62. The summed E-state index contributed by atoms with van der Waals surface area (Å²) >= 11 is -0.306. The molecule has 0 fully saturated rings. The van der Waals surface area contributed by atoms with Crippen LogP contribution in [0.5, 0.6) is 11.5 Å². The van der Waals surface area contributed by atoms with Gasteiger partial charge in [0.1, 0.15) is 0 Å². The van der Waals surface area contributed by atoms with E-state index in [9.17, 15) is 9.59 Å². The first-order chi connectivity index (χ1) is 12.7. The predicted molar refractivity (Wildman–Crippen MR) is 99.1 cm³/mol. The minimum absolute atomic E-state index is 0.0347. The number of unbranched alkanes of at least 4 members (excludes halogenated alkanes) is 3. The summed E-state index contributed by atoms with van der Waals surface area (Å²) in [7, 11) is 0. The second kappa shape index (κ2) is 8.87. The van der Waals surface area contributed by atoms with E-state index < -0.39 is 0 Å². The molecule has 2 aromatic rings. The van der Waals surface area contributed by atoms with Crippen LogP contribution in [0.4, 0.5) is 10.4 Å². The van der Waals surface area contributed by atoms with Crippen molar-refractivity contribution in [3.63, 3.8) is 0 Å². The second-order valence-electron chi connectivity index (χ2n) is 5.91. The summed E-state index contributed by atoms with van der Waals surface area (Å²) in [6.45, 7) is 2.33. The normalized spacial score (nSPS) is 12.0. The Labute approximate surface area is 157 Å². The molecule has 0 saturated heterocycles. The standard InChI is InChI=1S/C18H21N3O4Se/c1-2-3-4-5-6-16(22)21-18-19-10-15(26-18)17(23)20-12-7-8-13-14(9-12)25-11-24-13/h7-10H,2-6,11H2,1H3,(H,20,23)(H,19,21,22). The Balaban J connectivity index is 1.52. The van der Waals surface area contributed by atoms with E-state index in [1.54, 1.807) is 18.2 Å². The number of aromatic nitrogens is 1. The Kier molecular flexibility index (Phi) is 6.30. The van der Waals surface area contributed by atoms with Crippen LogP contribution in [0.3, 0.4) is 0 Å². The quantitative estimate of drug-likeness (QED) is 0.504. The zero-order valence-corrected chi connectivity index (χ0v) is 16.3. The fourth-order valence-corrected chi connectivity index (χ4v) is 4.02. The molecule has 3 rings (SSSR count). The van der Waals surface area contributed by atoms with Gasteiger partial charge in [0.15, 0.2) is 0 Å². The molecular formula is C18H21N3O4Se. The van der Waals surface area contributed by atoms with Crippen molar-refractivity contribution in [1.82, 2.24) is 4.98 Å². The van der Waals surface area contributed by atoms with Gasteiger partial charge >= 0.3 is 158 Å².